The maximum absolute atomic E-state index is 13.6. The van der Waals surface area contributed by atoms with Crippen molar-refractivity contribution in [2.24, 2.45) is 0 Å². The molecule has 2 aromatic carbocycles. The zero-order valence-corrected chi connectivity index (χ0v) is 19.0. The number of hydrogen-bond acceptors (Lipinski definition) is 3. The third kappa shape index (κ3) is 4.07. The zero-order chi connectivity index (χ0) is 23.9. The van der Waals surface area contributed by atoms with E-state index in [2.05, 4.69) is 5.32 Å². The highest BCUT2D eigenvalue weighted by atomic mass is 35.5. The summed E-state index contributed by atoms with van der Waals surface area (Å²) in [5.41, 5.74) is 4.05. The van der Waals surface area contributed by atoms with E-state index in [-0.39, 0.29) is 10.6 Å². The van der Waals surface area contributed by atoms with Crippen molar-refractivity contribution in [2.75, 3.05) is 4.90 Å². The standard InChI is InChI=1S/C25H21ClFN3O3/c1-4-16-5-7-18(8-6-16)30-24(32)20(23(31)28-25(30)33)12-17-11-14(2)29(15(17)3)19-9-10-22(27)21(26)13-19/h5-13H,4H2,1-3H3,(H,28,31,33)/b20-12-. The maximum atomic E-state index is 13.6. The highest BCUT2D eigenvalue weighted by Crippen LogP contribution is 2.28. The lowest BCUT2D eigenvalue weighted by atomic mass is 10.1. The molecule has 6 nitrogen and oxygen atoms in total. The van der Waals surface area contributed by atoms with Gasteiger partial charge in [0.15, 0.2) is 0 Å². The summed E-state index contributed by atoms with van der Waals surface area (Å²) in [6.07, 6.45) is 2.28. The molecule has 1 saturated heterocycles. The minimum atomic E-state index is -0.794. The number of amides is 4. The highest BCUT2D eigenvalue weighted by Gasteiger charge is 2.37. The van der Waals surface area contributed by atoms with Crippen molar-refractivity contribution in [1.29, 1.82) is 0 Å². The number of halogens is 2. The van der Waals surface area contributed by atoms with Crippen molar-refractivity contribution < 1.29 is 18.8 Å². The molecule has 1 aliphatic rings. The maximum Gasteiger partial charge on any atom is 0.335 e. The molecule has 0 unspecified atom stereocenters. The minimum absolute atomic E-state index is 0.00927. The summed E-state index contributed by atoms with van der Waals surface area (Å²) >= 11 is 5.94. The highest BCUT2D eigenvalue weighted by molar-refractivity contribution is 6.39. The number of anilines is 1. The van der Waals surface area contributed by atoms with Gasteiger partial charge in [0.05, 0.1) is 10.7 Å². The van der Waals surface area contributed by atoms with E-state index in [1.54, 1.807) is 24.3 Å². The number of imide groups is 2. The Labute approximate surface area is 195 Å². The number of carbonyl (C=O) groups excluding carboxylic acids is 3. The summed E-state index contributed by atoms with van der Waals surface area (Å²) in [6.45, 7) is 5.66. The van der Waals surface area contributed by atoms with Gasteiger partial charge in [0.1, 0.15) is 11.4 Å². The first-order valence-electron chi connectivity index (χ1n) is 10.4. The molecular formula is C25H21ClFN3O3. The van der Waals surface area contributed by atoms with E-state index in [0.717, 1.165) is 28.3 Å². The largest absolute Gasteiger partial charge is 0.335 e. The van der Waals surface area contributed by atoms with Crippen molar-refractivity contribution in [3.05, 3.63) is 87.5 Å². The van der Waals surface area contributed by atoms with Gasteiger partial charge in [0.2, 0.25) is 0 Å². The molecule has 1 aliphatic heterocycles. The molecule has 2 heterocycles. The molecule has 4 rings (SSSR count). The minimum Gasteiger partial charge on any atom is -0.318 e. The SMILES string of the molecule is CCc1ccc(N2C(=O)NC(=O)/C(=C/c3cc(C)n(-c4ccc(F)c(Cl)c4)c3C)C2=O)cc1. The second-order valence-corrected chi connectivity index (χ2v) is 8.15. The molecule has 0 saturated carbocycles. The second kappa shape index (κ2) is 8.67. The lowest BCUT2D eigenvalue weighted by Gasteiger charge is -2.26. The lowest BCUT2D eigenvalue weighted by Crippen LogP contribution is -2.54. The Kier molecular flexibility index (Phi) is 5.91. The smallest absolute Gasteiger partial charge is 0.318 e. The van der Waals surface area contributed by atoms with Gasteiger partial charge in [-0.05, 0) is 73.9 Å². The van der Waals surface area contributed by atoms with Crippen LogP contribution in [0.15, 0.2) is 54.1 Å². The molecule has 0 bridgehead atoms. The van der Waals surface area contributed by atoms with E-state index in [0.29, 0.717) is 16.9 Å². The van der Waals surface area contributed by atoms with Crippen LogP contribution >= 0.6 is 11.6 Å². The van der Waals surface area contributed by atoms with Gasteiger partial charge in [-0.2, -0.15) is 0 Å². The molecule has 0 aliphatic carbocycles. The molecule has 1 aromatic heterocycles. The van der Waals surface area contributed by atoms with Crippen LogP contribution in [0.5, 0.6) is 0 Å². The summed E-state index contributed by atoms with van der Waals surface area (Å²) in [4.78, 5) is 39.1. The van der Waals surface area contributed by atoms with Gasteiger partial charge in [0.25, 0.3) is 11.8 Å². The van der Waals surface area contributed by atoms with Gasteiger partial charge in [0, 0.05) is 17.1 Å². The Morgan fingerprint density at radius 1 is 1.00 bits per heavy atom. The monoisotopic (exact) mass is 465 g/mol. The van der Waals surface area contributed by atoms with Gasteiger partial charge < -0.3 is 4.57 Å². The van der Waals surface area contributed by atoms with Gasteiger partial charge in [-0.1, -0.05) is 30.7 Å². The van der Waals surface area contributed by atoms with E-state index in [4.69, 9.17) is 11.6 Å². The normalized spacial score (nSPS) is 15.4. The van der Waals surface area contributed by atoms with Crippen LogP contribution in [0.1, 0.15) is 29.4 Å². The molecule has 0 spiro atoms. The molecule has 0 radical (unpaired) electrons. The number of urea groups is 1. The number of barbiturate groups is 1. The van der Waals surface area contributed by atoms with Crippen molar-refractivity contribution in [3.63, 3.8) is 0 Å². The summed E-state index contributed by atoms with van der Waals surface area (Å²) in [6, 6.07) is 12.4. The first-order valence-corrected chi connectivity index (χ1v) is 10.7. The molecule has 33 heavy (non-hydrogen) atoms. The second-order valence-electron chi connectivity index (χ2n) is 7.74. The zero-order valence-electron chi connectivity index (χ0n) is 18.3. The average molecular weight is 466 g/mol. The summed E-state index contributed by atoms with van der Waals surface area (Å²) in [5, 5.41) is 2.23. The Bertz CT molecular complexity index is 1330. The number of carbonyl (C=O) groups is 3. The Hall–Kier alpha value is -3.71. The van der Waals surface area contributed by atoms with E-state index in [1.165, 1.54) is 18.2 Å². The van der Waals surface area contributed by atoms with E-state index < -0.39 is 23.7 Å². The van der Waals surface area contributed by atoms with Gasteiger partial charge in [-0.25, -0.2) is 14.1 Å². The third-order valence-corrected chi connectivity index (χ3v) is 5.93. The number of nitrogens with one attached hydrogen (secondary N) is 1. The van der Waals surface area contributed by atoms with Crippen LogP contribution in [-0.4, -0.2) is 22.4 Å². The summed E-state index contributed by atoms with van der Waals surface area (Å²) < 4.78 is 15.4. The Balaban J connectivity index is 1.74. The van der Waals surface area contributed by atoms with Crippen LogP contribution in [0.3, 0.4) is 0 Å². The number of rotatable bonds is 4. The van der Waals surface area contributed by atoms with Crippen LogP contribution in [-0.2, 0) is 16.0 Å². The molecule has 1 N–H and O–H groups in total. The number of aryl methyl sites for hydroxylation is 2. The van der Waals surface area contributed by atoms with E-state index in [9.17, 15) is 18.8 Å². The van der Waals surface area contributed by atoms with Crippen molar-refractivity contribution >= 4 is 41.2 Å². The first-order chi connectivity index (χ1) is 15.7. The summed E-state index contributed by atoms with van der Waals surface area (Å²) in [5.74, 6) is -1.99. The fourth-order valence-corrected chi connectivity index (χ4v) is 4.06. The number of nitrogens with zero attached hydrogens (tertiary/aromatic N) is 2. The predicted octanol–water partition coefficient (Wildman–Crippen LogP) is 5.12. The number of benzene rings is 2. The molecule has 4 amide bonds. The van der Waals surface area contributed by atoms with Crippen molar-refractivity contribution in [3.8, 4) is 5.69 Å². The van der Waals surface area contributed by atoms with Crippen LogP contribution in [0.4, 0.5) is 14.9 Å². The quantitative estimate of drug-likeness (QED) is 0.429. The number of aromatic nitrogens is 1. The van der Waals surface area contributed by atoms with Gasteiger partial charge in [-0.15, -0.1) is 0 Å². The fourth-order valence-electron chi connectivity index (χ4n) is 3.88. The number of hydrogen-bond donors (Lipinski definition) is 1. The first kappa shape index (κ1) is 22.5. The van der Waals surface area contributed by atoms with Crippen LogP contribution in [0.25, 0.3) is 11.8 Å². The van der Waals surface area contributed by atoms with Crippen molar-refractivity contribution in [2.45, 2.75) is 27.2 Å². The average Bonchev–Trinajstić information content (AvgIpc) is 3.06. The third-order valence-electron chi connectivity index (χ3n) is 5.64. The predicted molar refractivity (Wildman–Crippen MR) is 125 cm³/mol. The summed E-state index contributed by atoms with van der Waals surface area (Å²) in [7, 11) is 0. The van der Waals surface area contributed by atoms with Crippen molar-refractivity contribution in [1.82, 2.24) is 9.88 Å². The molecule has 3 aromatic rings. The van der Waals surface area contributed by atoms with Crippen LogP contribution < -0.4 is 10.2 Å². The van der Waals surface area contributed by atoms with Crippen LogP contribution in [0.2, 0.25) is 5.02 Å². The molecular weight excluding hydrogens is 445 g/mol. The molecule has 1 fully saturated rings. The Morgan fingerprint density at radius 2 is 1.67 bits per heavy atom. The van der Waals surface area contributed by atoms with E-state index in [1.807, 2.05) is 37.5 Å². The van der Waals surface area contributed by atoms with Gasteiger partial charge >= 0.3 is 6.03 Å². The lowest BCUT2D eigenvalue weighted by molar-refractivity contribution is -0.122. The molecule has 168 valence electrons. The topological polar surface area (TPSA) is 71.4 Å². The van der Waals surface area contributed by atoms with Gasteiger partial charge in [-0.3, -0.25) is 14.9 Å². The van der Waals surface area contributed by atoms with Crippen LogP contribution in [0, 0.1) is 19.7 Å². The fraction of sp³-hybridized carbons (Fsp3) is 0.160. The molecule has 8 heteroatoms. The van der Waals surface area contributed by atoms with E-state index >= 15 is 0 Å². The molecule has 0 atom stereocenters. The Morgan fingerprint density at radius 3 is 2.30 bits per heavy atom.